The number of aromatic nitrogens is 2. The lowest BCUT2D eigenvalue weighted by Gasteiger charge is -2.33. The van der Waals surface area contributed by atoms with E-state index >= 15 is 0 Å². The zero-order chi connectivity index (χ0) is 16.2. The molecule has 1 aromatic heterocycles. The molecule has 1 aromatic carbocycles. The predicted molar refractivity (Wildman–Crippen MR) is 84.4 cm³/mol. The summed E-state index contributed by atoms with van der Waals surface area (Å²) in [5.74, 6) is 0.456. The minimum Gasteiger partial charge on any atom is -0.377 e. The summed E-state index contributed by atoms with van der Waals surface area (Å²) < 4.78 is 10.2. The molecule has 1 amide bonds. The molecule has 2 aromatic rings. The molecule has 0 spiro atoms. The van der Waals surface area contributed by atoms with Gasteiger partial charge in [0.2, 0.25) is 12.3 Å². The van der Waals surface area contributed by atoms with Crippen LogP contribution in [0.5, 0.6) is 0 Å². The van der Waals surface area contributed by atoms with Crippen LogP contribution in [0.15, 0.2) is 29.1 Å². The average molecular weight is 356 g/mol. The molecule has 6 nitrogen and oxygen atoms in total. The van der Waals surface area contributed by atoms with Crippen molar-refractivity contribution in [1.29, 1.82) is 0 Å². The number of hydrogen-bond donors (Lipinski definition) is 0. The summed E-state index contributed by atoms with van der Waals surface area (Å²) in [5, 5.41) is 4.81. The van der Waals surface area contributed by atoms with E-state index in [1.54, 1.807) is 11.0 Å². The van der Waals surface area contributed by atoms with Gasteiger partial charge in [-0.25, -0.2) is 0 Å². The first kappa shape index (κ1) is 16.2. The molecule has 0 aliphatic carbocycles. The van der Waals surface area contributed by atoms with Crippen LogP contribution in [0.4, 0.5) is 0 Å². The van der Waals surface area contributed by atoms with Gasteiger partial charge in [0, 0.05) is 13.0 Å². The van der Waals surface area contributed by atoms with Crippen LogP contribution in [0.2, 0.25) is 10.0 Å². The van der Waals surface area contributed by atoms with Gasteiger partial charge in [0.15, 0.2) is 5.82 Å². The summed E-state index contributed by atoms with van der Waals surface area (Å²) in [6.07, 6.45) is 2.10. The fourth-order valence-electron chi connectivity index (χ4n) is 2.57. The van der Waals surface area contributed by atoms with Crippen molar-refractivity contribution >= 4 is 29.1 Å². The van der Waals surface area contributed by atoms with Gasteiger partial charge in [-0.05, 0) is 18.1 Å². The second-order valence-corrected chi connectivity index (χ2v) is 5.97. The smallest absolute Gasteiger partial charge is 0.223 e. The fourth-order valence-corrected chi connectivity index (χ4v) is 2.98. The van der Waals surface area contributed by atoms with E-state index in [1.807, 2.05) is 12.1 Å². The Labute approximate surface area is 143 Å². The van der Waals surface area contributed by atoms with Crippen molar-refractivity contribution in [1.82, 2.24) is 15.0 Å². The molecular formula is C15H15Cl2N3O3. The summed E-state index contributed by atoms with van der Waals surface area (Å²) >= 11 is 12.2. The number of hydrogen-bond acceptors (Lipinski definition) is 5. The van der Waals surface area contributed by atoms with Gasteiger partial charge in [-0.2, -0.15) is 4.98 Å². The van der Waals surface area contributed by atoms with E-state index in [0.29, 0.717) is 48.5 Å². The largest absolute Gasteiger partial charge is 0.377 e. The maximum absolute atomic E-state index is 12.6. The predicted octanol–water partition coefficient (Wildman–Crippen LogP) is 2.91. The number of aryl methyl sites for hydroxylation is 1. The van der Waals surface area contributed by atoms with Crippen molar-refractivity contribution in [3.8, 4) is 0 Å². The van der Waals surface area contributed by atoms with Crippen molar-refractivity contribution in [2.45, 2.75) is 18.9 Å². The number of ether oxygens (including phenoxy) is 1. The Kier molecular flexibility index (Phi) is 5.15. The molecule has 1 atom stereocenters. The van der Waals surface area contributed by atoms with Crippen molar-refractivity contribution in [2.24, 2.45) is 0 Å². The summed E-state index contributed by atoms with van der Waals surface area (Å²) in [4.78, 5) is 18.3. The second-order valence-electron chi connectivity index (χ2n) is 5.18. The van der Waals surface area contributed by atoms with Crippen LogP contribution in [-0.2, 0) is 16.0 Å². The normalized spacial score (nSPS) is 18.2. The van der Waals surface area contributed by atoms with Crippen LogP contribution < -0.4 is 0 Å². The van der Waals surface area contributed by atoms with Gasteiger partial charge >= 0.3 is 0 Å². The highest BCUT2D eigenvalue weighted by Crippen LogP contribution is 2.27. The van der Waals surface area contributed by atoms with Crippen LogP contribution in [0, 0.1) is 0 Å². The van der Waals surface area contributed by atoms with Crippen molar-refractivity contribution in [2.75, 3.05) is 19.8 Å². The molecule has 1 aliphatic heterocycles. The average Bonchev–Trinajstić information content (AvgIpc) is 3.10. The van der Waals surface area contributed by atoms with E-state index in [0.717, 1.165) is 5.56 Å². The summed E-state index contributed by atoms with van der Waals surface area (Å²) in [5.41, 5.74) is 0.858. The van der Waals surface area contributed by atoms with Gasteiger partial charge in [0.1, 0.15) is 6.04 Å². The lowest BCUT2D eigenvalue weighted by molar-refractivity contribution is -0.140. The lowest BCUT2D eigenvalue weighted by atomic mass is 10.1. The Morgan fingerprint density at radius 1 is 1.39 bits per heavy atom. The molecule has 1 fully saturated rings. The number of amides is 1. The Morgan fingerprint density at radius 2 is 2.26 bits per heavy atom. The first-order valence-corrected chi connectivity index (χ1v) is 7.99. The third-order valence-corrected chi connectivity index (χ3v) is 4.62. The van der Waals surface area contributed by atoms with E-state index in [1.165, 1.54) is 6.39 Å². The third-order valence-electron chi connectivity index (χ3n) is 3.76. The number of morpholine rings is 1. The molecule has 0 radical (unpaired) electrons. The van der Waals surface area contributed by atoms with Gasteiger partial charge in [0.25, 0.3) is 0 Å². The topological polar surface area (TPSA) is 68.5 Å². The SMILES string of the molecule is O=C(CCc1cccc(Cl)c1Cl)N1CCOC[C@H]1c1ncon1. The number of rotatable bonds is 4. The maximum Gasteiger partial charge on any atom is 0.223 e. The molecule has 8 heteroatoms. The highest BCUT2D eigenvalue weighted by molar-refractivity contribution is 6.42. The Hall–Kier alpha value is -1.63. The first-order chi connectivity index (χ1) is 11.2. The van der Waals surface area contributed by atoms with Gasteiger partial charge in [-0.3, -0.25) is 4.79 Å². The van der Waals surface area contributed by atoms with Crippen LogP contribution in [0.3, 0.4) is 0 Å². The van der Waals surface area contributed by atoms with Gasteiger partial charge in [0.05, 0.1) is 23.3 Å². The maximum atomic E-state index is 12.6. The number of benzene rings is 1. The molecule has 1 aliphatic rings. The highest BCUT2D eigenvalue weighted by Gasteiger charge is 2.31. The molecule has 2 heterocycles. The van der Waals surface area contributed by atoms with Crippen molar-refractivity contribution < 1.29 is 14.1 Å². The van der Waals surface area contributed by atoms with E-state index < -0.39 is 0 Å². The number of carbonyl (C=O) groups excluding carboxylic acids is 1. The zero-order valence-corrected chi connectivity index (χ0v) is 13.8. The molecule has 1 saturated heterocycles. The zero-order valence-electron chi connectivity index (χ0n) is 12.2. The molecule has 122 valence electrons. The minimum absolute atomic E-state index is 0.000794. The van der Waals surface area contributed by atoms with Crippen LogP contribution >= 0.6 is 23.2 Å². The van der Waals surface area contributed by atoms with Gasteiger partial charge in [-0.15, -0.1) is 0 Å². The molecule has 0 saturated carbocycles. The monoisotopic (exact) mass is 355 g/mol. The molecule has 0 bridgehead atoms. The molecule has 3 rings (SSSR count). The van der Waals surface area contributed by atoms with E-state index in [4.69, 9.17) is 32.5 Å². The standard InChI is InChI=1S/C15H15Cl2N3O3/c16-11-3-1-2-10(14(11)17)4-5-13(21)20-6-7-22-8-12(20)15-18-9-23-19-15/h1-3,9,12H,4-8H2/t12-/m0/s1. The van der Waals surface area contributed by atoms with E-state index in [2.05, 4.69) is 10.1 Å². The molecule has 23 heavy (non-hydrogen) atoms. The number of carbonyl (C=O) groups is 1. The number of halogens is 2. The number of nitrogens with zero attached hydrogens (tertiary/aromatic N) is 3. The Balaban J connectivity index is 1.68. The summed E-state index contributed by atoms with van der Waals surface area (Å²) in [6, 6.07) is 5.11. The highest BCUT2D eigenvalue weighted by atomic mass is 35.5. The first-order valence-electron chi connectivity index (χ1n) is 7.23. The van der Waals surface area contributed by atoms with Gasteiger partial charge < -0.3 is 14.2 Å². The van der Waals surface area contributed by atoms with Crippen LogP contribution in [-0.4, -0.2) is 40.7 Å². The van der Waals surface area contributed by atoms with E-state index in [9.17, 15) is 4.79 Å². The summed E-state index contributed by atoms with van der Waals surface area (Å²) in [6.45, 7) is 1.36. The van der Waals surface area contributed by atoms with Crippen molar-refractivity contribution in [3.63, 3.8) is 0 Å². The molecule has 0 N–H and O–H groups in total. The van der Waals surface area contributed by atoms with E-state index in [-0.39, 0.29) is 11.9 Å². The van der Waals surface area contributed by atoms with Gasteiger partial charge in [-0.1, -0.05) is 40.5 Å². The Bertz CT molecular complexity index is 679. The van der Waals surface area contributed by atoms with Crippen LogP contribution in [0.1, 0.15) is 23.9 Å². The third kappa shape index (κ3) is 3.65. The molecule has 0 unspecified atom stereocenters. The molecular weight excluding hydrogens is 341 g/mol. The van der Waals surface area contributed by atoms with Crippen molar-refractivity contribution in [3.05, 3.63) is 46.0 Å². The second kappa shape index (κ2) is 7.29. The Morgan fingerprint density at radius 3 is 3.04 bits per heavy atom. The lowest BCUT2D eigenvalue weighted by Crippen LogP contribution is -2.43. The minimum atomic E-state index is -0.315. The van der Waals surface area contributed by atoms with Crippen LogP contribution in [0.25, 0.3) is 0 Å². The quantitative estimate of drug-likeness (QED) is 0.843. The fraction of sp³-hybridized carbons (Fsp3) is 0.400. The summed E-state index contributed by atoms with van der Waals surface area (Å²) in [7, 11) is 0.